The summed E-state index contributed by atoms with van der Waals surface area (Å²) in [5, 5.41) is 2.66. The van der Waals surface area contributed by atoms with Gasteiger partial charge in [0.1, 0.15) is 11.5 Å². The highest BCUT2D eigenvalue weighted by molar-refractivity contribution is 7.97. The second-order valence-electron chi connectivity index (χ2n) is 3.86. The van der Waals surface area contributed by atoms with Crippen molar-refractivity contribution < 1.29 is 13.6 Å². The topological polar surface area (TPSA) is 47.6 Å². The molecule has 2 aromatic rings. The molecule has 0 amide bonds. The molecule has 0 unspecified atom stereocenters. The Morgan fingerprint density at radius 1 is 0.950 bits per heavy atom. The summed E-state index contributed by atoms with van der Waals surface area (Å²) in [5.74, 6) is 0.869. The zero-order chi connectivity index (χ0) is 14.4. The smallest absolute Gasteiger partial charge is 0.411 e. The Balaban J connectivity index is 2.27. The lowest BCUT2D eigenvalue weighted by atomic mass is 10.3. The van der Waals surface area contributed by atoms with Crippen LogP contribution in [0.1, 0.15) is 0 Å². The highest BCUT2D eigenvalue weighted by Gasteiger charge is 2.34. The molecule has 0 fully saturated rings. The van der Waals surface area contributed by atoms with Crippen molar-refractivity contribution >= 4 is 24.5 Å². The maximum absolute atomic E-state index is 12.8. The third-order valence-electron chi connectivity index (χ3n) is 2.40. The van der Waals surface area contributed by atoms with E-state index in [1.807, 2.05) is 12.1 Å². The summed E-state index contributed by atoms with van der Waals surface area (Å²) < 4.78 is 23.8. The zero-order valence-corrected chi connectivity index (χ0v) is 12.6. The van der Waals surface area contributed by atoms with E-state index < -0.39 is 7.60 Å². The molecule has 0 spiro atoms. The Hall–Kier alpha value is -1.84. The fraction of sp³-hybridized carbons (Fsp3) is 0.0714. The largest absolute Gasteiger partial charge is 0.489 e. The molecular formula is C14H14NO3PS. The molecule has 1 N–H and O–H groups in total. The normalized spacial score (nSPS) is 10.7. The van der Waals surface area contributed by atoms with Gasteiger partial charge in [-0.3, -0.25) is 0 Å². The van der Waals surface area contributed by atoms with Crippen LogP contribution >= 0.6 is 19.8 Å². The molecule has 2 aromatic carbocycles. The minimum atomic E-state index is -3.63. The van der Waals surface area contributed by atoms with E-state index in [1.165, 1.54) is 0 Å². The predicted octanol–water partition coefficient (Wildman–Crippen LogP) is 3.84. The van der Waals surface area contributed by atoms with Crippen LogP contribution in [-0.2, 0) is 4.57 Å². The van der Waals surface area contributed by atoms with E-state index in [-0.39, 0.29) is 4.73 Å². The number of hydrogen-bond donors (Lipinski definition) is 1. The fourth-order valence-electron chi connectivity index (χ4n) is 1.48. The number of thiocarbonyl (C=S) groups is 1. The lowest BCUT2D eigenvalue weighted by molar-refractivity contribution is 0.402. The van der Waals surface area contributed by atoms with Crippen LogP contribution in [0.25, 0.3) is 0 Å². The van der Waals surface area contributed by atoms with Crippen LogP contribution in [0.2, 0.25) is 0 Å². The minimum absolute atomic E-state index is 0.0326. The third-order valence-corrected chi connectivity index (χ3v) is 4.90. The fourth-order valence-corrected chi connectivity index (χ4v) is 2.98. The van der Waals surface area contributed by atoms with Crippen LogP contribution in [0, 0.1) is 0 Å². The monoisotopic (exact) mass is 307 g/mol. The summed E-state index contributed by atoms with van der Waals surface area (Å²) >= 11 is 5.06. The van der Waals surface area contributed by atoms with Crippen molar-refractivity contribution in [3.63, 3.8) is 0 Å². The molecule has 2 rings (SSSR count). The first-order chi connectivity index (χ1) is 9.64. The van der Waals surface area contributed by atoms with E-state index in [1.54, 1.807) is 55.6 Å². The van der Waals surface area contributed by atoms with Crippen LogP contribution in [0.5, 0.6) is 11.5 Å². The highest BCUT2D eigenvalue weighted by Crippen LogP contribution is 2.49. The summed E-state index contributed by atoms with van der Waals surface area (Å²) in [7, 11) is -2.05. The van der Waals surface area contributed by atoms with E-state index >= 15 is 0 Å². The van der Waals surface area contributed by atoms with Crippen LogP contribution < -0.4 is 14.4 Å². The van der Waals surface area contributed by atoms with E-state index in [0.717, 1.165) is 0 Å². The highest BCUT2D eigenvalue weighted by atomic mass is 32.1. The maximum Gasteiger partial charge on any atom is 0.489 e. The van der Waals surface area contributed by atoms with Gasteiger partial charge in [0.05, 0.1) is 0 Å². The molecule has 20 heavy (non-hydrogen) atoms. The standard InChI is InChI=1S/C14H14NO3PS/c1-15-14(20)19(16,17-12-8-4-2-5-9-12)18-13-10-6-3-7-11-13/h2-11H,1H3,(H,15,20). The van der Waals surface area contributed by atoms with Crippen LogP contribution in [0.3, 0.4) is 0 Å². The van der Waals surface area contributed by atoms with E-state index in [9.17, 15) is 4.57 Å². The summed E-state index contributed by atoms with van der Waals surface area (Å²) in [6.45, 7) is 0. The Morgan fingerprint density at radius 2 is 1.35 bits per heavy atom. The molecule has 0 aliphatic carbocycles. The quantitative estimate of drug-likeness (QED) is 0.672. The van der Waals surface area contributed by atoms with Crippen molar-refractivity contribution in [3.05, 3.63) is 60.7 Å². The SMILES string of the molecule is CNC(=S)P(=O)(Oc1ccccc1)Oc1ccccc1. The van der Waals surface area contributed by atoms with Crippen molar-refractivity contribution in [1.82, 2.24) is 5.32 Å². The van der Waals surface area contributed by atoms with Gasteiger partial charge >= 0.3 is 7.60 Å². The first kappa shape index (κ1) is 14.6. The maximum atomic E-state index is 12.8. The van der Waals surface area contributed by atoms with Crippen LogP contribution in [0.4, 0.5) is 0 Å². The molecule has 0 saturated carbocycles. The van der Waals surface area contributed by atoms with Gasteiger partial charge in [-0.05, 0) is 36.5 Å². The van der Waals surface area contributed by atoms with Gasteiger partial charge in [-0.25, -0.2) is 4.57 Å². The minimum Gasteiger partial charge on any atom is -0.411 e. The van der Waals surface area contributed by atoms with Gasteiger partial charge in [0.15, 0.2) is 0 Å². The summed E-state index contributed by atoms with van der Waals surface area (Å²) in [4.78, 5) is 0. The van der Waals surface area contributed by atoms with Gasteiger partial charge < -0.3 is 14.4 Å². The number of rotatable bonds is 5. The molecule has 0 atom stereocenters. The molecular weight excluding hydrogens is 293 g/mol. The van der Waals surface area contributed by atoms with E-state index in [4.69, 9.17) is 21.3 Å². The zero-order valence-electron chi connectivity index (χ0n) is 10.9. The Morgan fingerprint density at radius 3 is 1.70 bits per heavy atom. The number of benzene rings is 2. The molecule has 4 nitrogen and oxygen atoms in total. The number of nitrogens with one attached hydrogen (secondary N) is 1. The number of hydrogen-bond acceptors (Lipinski definition) is 4. The van der Waals surface area contributed by atoms with E-state index in [2.05, 4.69) is 5.32 Å². The molecule has 0 bridgehead atoms. The second-order valence-corrected chi connectivity index (χ2v) is 6.38. The summed E-state index contributed by atoms with van der Waals surface area (Å²) in [6.07, 6.45) is 0. The summed E-state index contributed by atoms with van der Waals surface area (Å²) in [6, 6.07) is 17.6. The van der Waals surface area contributed by atoms with Gasteiger partial charge in [-0.2, -0.15) is 0 Å². The van der Waals surface area contributed by atoms with Crippen molar-refractivity contribution in [2.45, 2.75) is 0 Å². The van der Waals surface area contributed by atoms with Crippen molar-refractivity contribution in [3.8, 4) is 11.5 Å². The van der Waals surface area contributed by atoms with Gasteiger partial charge in [0.2, 0.25) is 4.73 Å². The average molecular weight is 307 g/mol. The van der Waals surface area contributed by atoms with Gasteiger partial charge in [-0.15, -0.1) is 0 Å². The Bertz CT molecular complexity index is 573. The lowest BCUT2D eigenvalue weighted by Gasteiger charge is -2.20. The van der Waals surface area contributed by atoms with Gasteiger partial charge in [-0.1, -0.05) is 36.4 Å². The van der Waals surface area contributed by atoms with Crippen molar-refractivity contribution in [1.29, 1.82) is 0 Å². The molecule has 0 saturated heterocycles. The lowest BCUT2D eigenvalue weighted by Crippen LogP contribution is -2.21. The van der Waals surface area contributed by atoms with E-state index in [0.29, 0.717) is 11.5 Å². The molecule has 0 heterocycles. The predicted molar refractivity (Wildman–Crippen MR) is 83.4 cm³/mol. The second kappa shape index (κ2) is 6.55. The first-order valence-electron chi connectivity index (χ1n) is 5.96. The molecule has 6 heteroatoms. The molecule has 0 radical (unpaired) electrons. The average Bonchev–Trinajstić information content (AvgIpc) is 2.48. The third kappa shape index (κ3) is 3.59. The molecule has 0 aliphatic rings. The summed E-state index contributed by atoms with van der Waals surface area (Å²) in [5.41, 5.74) is 0. The number of para-hydroxylation sites is 2. The van der Waals surface area contributed by atoms with Crippen LogP contribution in [0.15, 0.2) is 60.7 Å². The van der Waals surface area contributed by atoms with Crippen molar-refractivity contribution in [2.24, 2.45) is 0 Å². The van der Waals surface area contributed by atoms with Gasteiger partial charge in [0.25, 0.3) is 0 Å². The molecule has 104 valence electrons. The Labute approximate surface area is 123 Å². The first-order valence-corrected chi connectivity index (χ1v) is 7.91. The van der Waals surface area contributed by atoms with Crippen LogP contribution in [-0.4, -0.2) is 11.8 Å². The van der Waals surface area contributed by atoms with Crippen molar-refractivity contribution in [2.75, 3.05) is 7.05 Å². The molecule has 0 aromatic heterocycles. The Kier molecular flexibility index (Phi) is 4.77. The van der Waals surface area contributed by atoms with Gasteiger partial charge in [0, 0.05) is 7.05 Å². The molecule has 0 aliphatic heterocycles.